The average molecular weight is 309 g/mol. The van der Waals surface area contributed by atoms with Crippen LogP contribution in [0.25, 0.3) is 5.76 Å². The normalized spacial score (nSPS) is 12.5. The van der Waals surface area contributed by atoms with E-state index in [1.54, 1.807) is 0 Å². The van der Waals surface area contributed by atoms with E-state index in [1.165, 1.54) is 13.0 Å². The molecule has 2 aromatic rings. The molecule has 1 aromatic carbocycles. The lowest BCUT2D eigenvalue weighted by Crippen LogP contribution is -2.02. The van der Waals surface area contributed by atoms with Crippen molar-refractivity contribution in [3.63, 3.8) is 0 Å². The highest BCUT2D eigenvalue weighted by Crippen LogP contribution is 2.24. The van der Waals surface area contributed by atoms with E-state index in [0.29, 0.717) is 5.76 Å². The summed E-state index contributed by atoms with van der Waals surface area (Å²) in [7, 11) is 0. The van der Waals surface area contributed by atoms with Crippen molar-refractivity contribution in [3.8, 4) is 0 Å². The highest BCUT2D eigenvalue weighted by atomic mass is 19.1. The monoisotopic (exact) mass is 309 g/mol. The van der Waals surface area contributed by atoms with Crippen LogP contribution < -0.4 is 0 Å². The maximum Gasteiger partial charge on any atom is 0.360 e. The number of aryl methyl sites for hydroxylation is 1. The molecular weight excluding hydrogens is 300 g/mol. The Morgan fingerprint density at radius 1 is 1.27 bits per heavy atom. The number of hydrogen-bond donors (Lipinski definition) is 2. The molecule has 0 unspecified atom stereocenters. The van der Waals surface area contributed by atoms with Gasteiger partial charge in [-0.15, -0.1) is 10.2 Å². The maximum absolute atomic E-state index is 13.4. The molecule has 0 atom stereocenters. The summed E-state index contributed by atoms with van der Waals surface area (Å²) in [4.78, 5) is 11.1. The number of carboxylic acids is 1. The molecule has 9 heteroatoms. The first kappa shape index (κ1) is 15.3. The molecule has 7 nitrogen and oxygen atoms in total. The topological polar surface area (TPSA) is 108 Å². The fourth-order valence-corrected chi connectivity index (χ4v) is 1.48. The molecule has 0 saturated heterocycles. The Kier molecular flexibility index (Phi) is 4.25. The van der Waals surface area contributed by atoms with Crippen LogP contribution in [0.15, 0.2) is 44.7 Å². The second kappa shape index (κ2) is 6.12. The van der Waals surface area contributed by atoms with Gasteiger partial charge in [0.25, 0.3) is 0 Å². The first-order valence-electron chi connectivity index (χ1n) is 5.86. The molecule has 0 aliphatic heterocycles. The fraction of sp³-hybridized carbons (Fsp3) is 0.0769. The molecule has 2 N–H and O–H groups in total. The summed E-state index contributed by atoms with van der Waals surface area (Å²) in [5, 5.41) is 28.6. The Balaban J connectivity index is 2.46. The van der Waals surface area contributed by atoms with Crippen molar-refractivity contribution in [3.05, 3.63) is 53.1 Å². The van der Waals surface area contributed by atoms with Gasteiger partial charge in [-0.05, 0) is 19.1 Å². The average Bonchev–Trinajstić information content (AvgIpc) is 2.88. The molecule has 0 aliphatic carbocycles. The van der Waals surface area contributed by atoms with Crippen LogP contribution in [-0.4, -0.2) is 21.3 Å². The van der Waals surface area contributed by atoms with Crippen LogP contribution in [0, 0.1) is 18.6 Å². The number of carbonyl (C=O) groups is 1. The summed E-state index contributed by atoms with van der Waals surface area (Å²) in [5.41, 5.74) is -1.90. The molecule has 22 heavy (non-hydrogen) atoms. The minimum absolute atomic E-state index is 0.192. The van der Waals surface area contributed by atoms with Crippen molar-refractivity contribution in [1.29, 1.82) is 0 Å². The summed E-state index contributed by atoms with van der Waals surface area (Å²) in [6, 6.07) is 4.25. The second-order valence-electron chi connectivity index (χ2n) is 4.10. The van der Waals surface area contributed by atoms with Gasteiger partial charge in [0.05, 0.1) is 0 Å². The first-order valence-corrected chi connectivity index (χ1v) is 5.86. The van der Waals surface area contributed by atoms with E-state index >= 15 is 0 Å². The van der Waals surface area contributed by atoms with Crippen LogP contribution in [0.1, 0.15) is 11.5 Å². The Morgan fingerprint density at radius 2 is 1.91 bits per heavy atom. The number of carboxylic acid groups (broad SMARTS) is 1. The van der Waals surface area contributed by atoms with Crippen molar-refractivity contribution < 1.29 is 28.3 Å². The third-order valence-electron chi connectivity index (χ3n) is 2.49. The molecule has 0 amide bonds. The van der Waals surface area contributed by atoms with E-state index in [9.17, 15) is 18.7 Å². The van der Waals surface area contributed by atoms with Gasteiger partial charge in [-0.2, -0.15) is 0 Å². The van der Waals surface area contributed by atoms with Gasteiger partial charge >= 0.3 is 5.97 Å². The van der Waals surface area contributed by atoms with Crippen molar-refractivity contribution in [1.82, 2.24) is 5.16 Å². The highest BCUT2D eigenvalue weighted by molar-refractivity contribution is 5.93. The Morgan fingerprint density at radius 3 is 2.41 bits per heavy atom. The molecule has 1 heterocycles. The molecule has 0 saturated carbocycles. The second-order valence-corrected chi connectivity index (χ2v) is 4.10. The predicted octanol–water partition coefficient (Wildman–Crippen LogP) is 3.36. The number of nitrogens with zero attached hydrogens (tertiary/aromatic N) is 3. The number of benzene rings is 1. The van der Waals surface area contributed by atoms with Crippen LogP contribution in [-0.2, 0) is 4.79 Å². The zero-order valence-electron chi connectivity index (χ0n) is 11.1. The quantitative estimate of drug-likeness (QED) is 0.511. The molecule has 0 fully saturated rings. The van der Waals surface area contributed by atoms with Crippen LogP contribution in [0.2, 0.25) is 0 Å². The lowest BCUT2D eigenvalue weighted by atomic mass is 10.2. The molecule has 0 radical (unpaired) electrons. The largest absolute Gasteiger partial charge is 0.504 e. The lowest BCUT2D eigenvalue weighted by Gasteiger charge is -1.99. The SMILES string of the molecule is Cc1cc(/C(O)=C(/N=Nc2c(F)cccc2F)C(=O)O)no1. The van der Waals surface area contributed by atoms with Gasteiger partial charge in [0.2, 0.25) is 5.70 Å². The number of halogens is 2. The fourth-order valence-electron chi connectivity index (χ4n) is 1.48. The third-order valence-corrected chi connectivity index (χ3v) is 2.49. The number of aliphatic carboxylic acids is 1. The predicted molar refractivity (Wildman–Crippen MR) is 69.3 cm³/mol. The van der Waals surface area contributed by atoms with E-state index < -0.39 is 34.7 Å². The summed E-state index contributed by atoms with van der Waals surface area (Å²) in [6.45, 7) is 1.53. The summed E-state index contributed by atoms with van der Waals surface area (Å²) < 4.78 is 31.5. The van der Waals surface area contributed by atoms with Gasteiger partial charge in [-0.1, -0.05) is 11.2 Å². The van der Waals surface area contributed by atoms with Crippen molar-refractivity contribution >= 4 is 17.4 Å². The minimum atomic E-state index is -1.65. The van der Waals surface area contributed by atoms with Crippen molar-refractivity contribution in [2.24, 2.45) is 10.2 Å². The number of aliphatic hydroxyl groups is 1. The zero-order chi connectivity index (χ0) is 16.3. The standard InChI is InChI=1S/C13H9F2N3O4/c1-6-5-9(18-22-6)12(19)11(13(20)21)17-16-10-7(14)3-2-4-8(10)15/h2-5,19H,1H3,(H,20,21)/b12-11-,17-16?. The Bertz CT molecular complexity index is 763. The number of aliphatic hydroxyl groups excluding tert-OH is 1. The van der Waals surface area contributed by atoms with Gasteiger partial charge in [0, 0.05) is 6.07 Å². The summed E-state index contributed by atoms with van der Waals surface area (Å²) in [5.74, 6) is -4.22. The molecule has 1 aromatic heterocycles. The van der Waals surface area contributed by atoms with E-state index in [1.807, 2.05) is 0 Å². The number of hydrogen-bond acceptors (Lipinski definition) is 6. The van der Waals surface area contributed by atoms with Crippen LogP contribution >= 0.6 is 0 Å². The lowest BCUT2D eigenvalue weighted by molar-refractivity contribution is -0.132. The number of rotatable bonds is 4. The molecule has 0 aliphatic rings. The zero-order valence-corrected chi connectivity index (χ0v) is 11.1. The minimum Gasteiger partial charge on any atom is -0.504 e. The Hall–Kier alpha value is -3.10. The smallest absolute Gasteiger partial charge is 0.360 e. The molecule has 0 spiro atoms. The van der Waals surface area contributed by atoms with E-state index in [2.05, 4.69) is 19.9 Å². The molecule has 0 bridgehead atoms. The Labute approximate surface area is 122 Å². The van der Waals surface area contributed by atoms with Gasteiger partial charge in [0.15, 0.2) is 28.8 Å². The summed E-state index contributed by atoms with van der Waals surface area (Å²) in [6.07, 6.45) is 0. The van der Waals surface area contributed by atoms with E-state index in [4.69, 9.17) is 5.11 Å². The molecule has 114 valence electrons. The molecular formula is C13H9F2N3O4. The van der Waals surface area contributed by atoms with Gasteiger partial charge < -0.3 is 14.7 Å². The highest BCUT2D eigenvalue weighted by Gasteiger charge is 2.19. The van der Waals surface area contributed by atoms with Crippen LogP contribution in [0.5, 0.6) is 0 Å². The first-order chi connectivity index (χ1) is 10.4. The van der Waals surface area contributed by atoms with Gasteiger partial charge in [0.1, 0.15) is 5.76 Å². The van der Waals surface area contributed by atoms with Gasteiger partial charge in [-0.25, -0.2) is 13.6 Å². The third kappa shape index (κ3) is 3.14. The molecule has 2 rings (SSSR count). The van der Waals surface area contributed by atoms with E-state index in [-0.39, 0.29) is 5.69 Å². The van der Waals surface area contributed by atoms with Gasteiger partial charge in [-0.3, -0.25) is 0 Å². The van der Waals surface area contributed by atoms with Crippen molar-refractivity contribution in [2.75, 3.05) is 0 Å². The maximum atomic E-state index is 13.4. The number of aromatic nitrogens is 1. The van der Waals surface area contributed by atoms with Crippen LogP contribution in [0.4, 0.5) is 14.5 Å². The number of azo groups is 1. The van der Waals surface area contributed by atoms with Crippen molar-refractivity contribution in [2.45, 2.75) is 6.92 Å². The van der Waals surface area contributed by atoms with Crippen LogP contribution in [0.3, 0.4) is 0 Å². The summed E-state index contributed by atoms with van der Waals surface area (Å²) >= 11 is 0. The van der Waals surface area contributed by atoms with E-state index in [0.717, 1.165) is 18.2 Å².